The van der Waals surface area contributed by atoms with Crippen molar-refractivity contribution in [2.75, 3.05) is 11.6 Å². The molecule has 1 amide bonds. The fourth-order valence-corrected chi connectivity index (χ4v) is 2.76. The molecule has 1 fully saturated rings. The van der Waals surface area contributed by atoms with Gasteiger partial charge in [-0.3, -0.25) is 5.01 Å². The molecule has 0 saturated carbocycles. The van der Waals surface area contributed by atoms with Crippen LogP contribution in [0.4, 0.5) is 10.6 Å². The second-order valence-electron chi connectivity index (χ2n) is 6.80. The Balaban J connectivity index is 1.96. The summed E-state index contributed by atoms with van der Waals surface area (Å²) in [5.41, 5.74) is 0.217. The van der Waals surface area contributed by atoms with E-state index in [1.165, 1.54) is 5.01 Å². The minimum atomic E-state index is -0.598. The molecule has 6 heteroatoms. The number of nitrogens with zero attached hydrogens (tertiary/aromatic N) is 3. The third-order valence-corrected chi connectivity index (χ3v) is 3.79. The molecule has 0 radical (unpaired) electrons. The van der Waals surface area contributed by atoms with Crippen molar-refractivity contribution in [2.24, 2.45) is 0 Å². The van der Waals surface area contributed by atoms with Gasteiger partial charge in [-0.05, 0) is 45.4 Å². The molecule has 24 heavy (non-hydrogen) atoms. The first-order chi connectivity index (χ1) is 11.4. The van der Waals surface area contributed by atoms with E-state index in [4.69, 9.17) is 4.74 Å². The van der Waals surface area contributed by atoms with Crippen LogP contribution in [0.25, 0.3) is 10.9 Å². The Morgan fingerprint density at radius 1 is 1.25 bits per heavy atom. The number of fused-ring (bicyclic) bond motifs is 1. The molecule has 0 aliphatic carbocycles. The predicted molar refractivity (Wildman–Crippen MR) is 91.6 cm³/mol. The van der Waals surface area contributed by atoms with Crippen LogP contribution in [0.5, 0.6) is 0 Å². The van der Waals surface area contributed by atoms with Crippen molar-refractivity contribution in [3.63, 3.8) is 0 Å². The van der Waals surface area contributed by atoms with E-state index in [9.17, 15) is 9.59 Å². The second kappa shape index (κ2) is 6.11. The van der Waals surface area contributed by atoms with Crippen LogP contribution in [-0.2, 0) is 9.53 Å². The summed E-state index contributed by atoms with van der Waals surface area (Å²) in [7, 11) is 0. The van der Waals surface area contributed by atoms with Crippen LogP contribution < -0.4 is 5.01 Å². The summed E-state index contributed by atoms with van der Waals surface area (Å²) < 4.78 is 5.46. The number of anilines is 1. The molecule has 0 bridgehead atoms. The van der Waals surface area contributed by atoms with Gasteiger partial charge >= 0.3 is 6.09 Å². The van der Waals surface area contributed by atoms with Crippen LogP contribution in [0.1, 0.15) is 27.2 Å². The summed E-state index contributed by atoms with van der Waals surface area (Å²) in [6.07, 6.45) is 0.931. The lowest BCUT2D eigenvalue weighted by Gasteiger charge is -2.32. The number of ether oxygens (including phenoxy) is 1. The Labute approximate surface area is 141 Å². The highest BCUT2D eigenvalue weighted by Crippen LogP contribution is 2.27. The Hall–Kier alpha value is -2.63. The largest absolute Gasteiger partial charge is 0.442 e. The van der Waals surface area contributed by atoms with Gasteiger partial charge in [0.15, 0.2) is 0 Å². The van der Waals surface area contributed by atoms with E-state index in [2.05, 4.69) is 4.98 Å². The maximum Gasteiger partial charge on any atom is 0.429 e. The van der Waals surface area contributed by atoms with Crippen molar-refractivity contribution in [3.8, 4) is 0 Å². The quantitative estimate of drug-likeness (QED) is 0.793. The number of benzene rings is 1. The van der Waals surface area contributed by atoms with Crippen LogP contribution >= 0.6 is 0 Å². The molecule has 2 aromatic rings. The van der Waals surface area contributed by atoms with Gasteiger partial charge < -0.3 is 9.53 Å². The molecule has 0 spiro atoms. The van der Waals surface area contributed by atoms with Crippen molar-refractivity contribution in [1.29, 1.82) is 0 Å². The molecular formula is C18H21N3O3. The lowest BCUT2D eigenvalue weighted by atomic mass is 10.2. The third kappa shape index (κ3) is 3.18. The third-order valence-electron chi connectivity index (χ3n) is 3.79. The van der Waals surface area contributed by atoms with E-state index in [-0.39, 0.29) is 0 Å². The molecule has 1 atom stereocenters. The highest BCUT2D eigenvalue weighted by Gasteiger charge is 2.38. The van der Waals surface area contributed by atoms with Gasteiger partial charge in [-0.2, -0.15) is 0 Å². The molecule has 1 aliphatic heterocycles. The number of carbonyl (C=O) groups excluding carboxylic acids is 2. The Morgan fingerprint density at radius 3 is 2.71 bits per heavy atom. The zero-order chi connectivity index (χ0) is 17.3. The van der Waals surface area contributed by atoms with E-state index < -0.39 is 17.7 Å². The average Bonchev–Trinajstić information content (AvgIpc) is 2.97. The molecule has 126 valence electrons. The molecular weight excluding hydrogens is 306 g/mol. The summed E-state index contributed by atoms with van der Waals surface area (Å²) >= 11 is 0. The van der Waals surface area contributed by atoms with Gasteiger partial charge in [0.1, 0.15) is 23.7 Å². The van der Waals surface area contributed by atoms with Crippen LogP contribution in [0.2, 0.25) is 0 Å². The van der Waals surface area contributed by atoms with Crippen molar-refractivity contribution in [2.45, 2.75) is 38.8 Å². The number of amides is 1. The summed E-state index contributed by atoms with van der Waals surface area (Å²) in [5, 5.41) is 4.10. The first kappa shape index (κ1) is 16.2. The summed E-state index contributed by atoms with van der Waals surface area (Å²) in [4.78, 5) is 28.5. The minimum absolute atomic E-state index is 0.423. The van der Waals surface area contributed by atoms with E-state index in [1.807, 2.05) is 57.2 Å². The van der Waals surface area contributed by atoms with Gasteiger partial charge in [0, 0.05) is 11.9 Å². The number of hydrogen-bond acceptors (Lipinski definition) is 5. The van der Waals surface area contributed by atoms with Gasteiger partial charge in [-0.15, -0.1) is 0 Å². The fourth-order valence-electron chi connectivity index (χ4n) is 2.76. The molecule has 1 saturated heterocycles. The highest BCUT2D eigenvalue weighted by atomic mass is 16.6. The Kier molecular flexibility index (Phi) is 4.13. The zero-order valence-corrected chi connectivity index (χ0v) is 14.1. The van der Waals surface area contributed by atoms with E-state index in [0.717, 1.165) is 17.2 Å². The molecule has 3 rings (SSSR count). The minimum Gasteiger partial charge on any atom is -0.442 e. The van der Waals surface area contributed by atoms with Gasteiger partial charge in [-0.25, -0.2) is 14.8 Å². The SMILES string of the molecule is CC(C)(C)OC(=O)N1CCC(C=O)N1c1ccc2ccccc2n1. The van der Waals surface area contributed by atoms with Gasteiger partial charge in [0.25, 0.3) is 0 Å². The Morgan fingerprint density at radius 2 is 2.00 bits per heavy atom. The topological polar surface area (TPSA) is 62.7 Å². The first-order valence-corrected chi connectivity index (χ1v) is 8.00. The normalized spacial score (nSPS) is 18.0. The van der Waals surface area contributed by atoms with Crippen LogP contribution in [0, 0.1) is 0 Å². The Bertz CT molecular complexity index is 769. The number of aromatic nitrogens is 1. The molecule has 1 aromatic heterocycles. The summed E-state index contributed by atoms with van der Waals surface area (Å²) in [6, 6.07) is 11.1. The average molecular weight is 327 g/mol. The number of hydrogen-bond donors (Lipinski definition) is 0. The van der Waals surface area contributed by atoms with Crippen LogP contribution in [0.3, 0.4) is 0 Å². The monoisotopic (exact) mass is 327 g/mol. The number of carbonyl (C=O) groups is 2. The van der Waals surface area contributed by atoms with Gasteiger partial charge in [-0.1, -0.05) is 18.2 Å². The molecule has 6 nitrogen and oxygen atoms in total. The van der Waals surface area contributed by atoms with Crippen molar-refractivity contribution in [3.05, 3.63) is 36.4 Å². The molecule has 1 aromatic carbocycles. The highest BCUT2D eigenvalue weighted by molar-refractivity contribution is 5.82. The maximum absolute atomic E-state index is 12.5. The fraction of sp³-hybridized carbons (Fsp3) is 0.389. The zero-order valence-electron chi connectivity index (χ0n) is 14.1. The second-order valence-corrected chi connectivity index (χ2v) is 6.80. The van der Waals surface area contributed by atoms with Gasteiger partial charge in [0.2, 0.25) is 0 Å². The lowest BCUT2D eigenvalue weighted by molar-refractivity contribution is -0.108. The van der Waals surface area contributed by atoms with Crippen LogP contribution in [-0.4, -0.2) is 40.6 Å². The number of hydrazine groups is 1. The first-order valence-electron chi connectivity index (χ1n) is 8.00. The lowest BCUT2D eigenvalue weighted by Crippen LogP contribution is -2.47. The summed E-state index contributed by atoms with van der Waals surface area (Å²) in [5.74, 6) is 0.564. The van der Waals surface area contributed by atoms with E-state index >= 15 is 0 Å². The standard InChI is InChI=1S/C18H21N3O3/c1-18(2,3)24-17(23)20-11-10-14(12-22)21(20)16-9-8-13-6-4-5-7-15(13)19-16/h4-9,12,14H,10-11H2,1-3H3. The van der Waals surface area contributed by atoms with Crippen LogP contribution in [0.15, 0.2) is 36.4 Å². The van der Waals surface area contributed by atoms with Crippen molar-refractivity contribution in [1.82, 2.24) is 9.99 Å². The maximum atomic E-state index is 12.5. The molecule has 2 heterocycles. The number of para-hydroxylation sites is 1. The molecule has 1 aliphatic rings. The van der Waals surface area contributed by atoms with Crippen molar-refractivity contribution < 1.29 is 14.3 Å². The predicted octanol–water partition coefficient (Wildman–Crippen LogP) is 3.16. The molecule has 0 N–H and O–H groups in total. The molecule has 1 unspecified atom stereocenters. The summed E-state index contributed by atoms with van der Waals surface area (Å²) in [6.45, 7) is 5.87. The van der Waals surface area contributed by atoms with E-state index in [0.29, 0.717) is 18.8 Å². The van der Waals surface area contributed by atoms with E-state index in [1.54, 1.807) is 5.01 Å². The number of pyridine rings is 1. The number of aldehydes is 1. The van der Waals surface area contributed by atoms with Gasteiger partial charge in [0.05, 0.1) is 5.52 Å². The smallest absolute Gasteiger partial charge is 0.429 e. The van der Waals surface area contributed by atoms with Crippen molar-refractivity contribution >= 4 is 29.1 Å². The number of rotatable bonds is 2.